The zero-order valence-corrected chi connectivity index (χ0v) is 19.8. The molecule has 0 bridgehead atoms. The SMILES string of the molecule is C=C(C)C(=O)OCCCc1ccc(-c2ccc(-c3ccc(OC(=O)C(C)C)cc3)cc2F)cc1. The van der Waals surface area contributed by atoms with Crippen LogP contribution in [0.3, 0.4) is 0 Å². The van der Waals surface area contributed by atoms with Gasteiger partial charge in [0.1, 0.15) is 11.6 Å². The number of hydrogen-bond donors (Lipinski definition) is 0. The average Bonchev–Trinajstić information content (AvgIpc) is 2.82. The number of ether oxygens (including phenoxy) is 2. The number of halogens is 1. The number of aryl methyl sites for hydroxylation is 1. The van der Waals surface area contributed by atoms with Crippen LogP contribution in [0.2, 0.25) is 0 Å². The van der Waals surface area contributed by atoms with Crippen LogP contribution in [-0.2, 0) is 20.7 Å². The van der Waals surface area contributed by atoms with Crippen molar-refractivity contribution in [3.05, 3.63) is 90.3 Å². The highest BCUT2D eigenvalue weighted by Crippen LogP contribution is 2.29. The third-order valence-corrected chi connectivity index (χ3v) is 5.30. The number of benzene rings is 3. The molecule has 0 atom stereocenters. The summed E-state index contributed by atoms with van der Waals surface area (Å²) in [5.74, 6) is -0.720. The molecule has 0 aliphatic carbocycles. The molecule has 0 aliphatic heterocycles. The second-order valence-electron chi connectivity index (χ2n) is 8.51. The van der Waals surface area contributed by atoms with E-state index in [-0.39, 0.29) is 23.7 Å². The fraction of sp³-hybridized carbons (Fsp3) is 0.241. The van der Waals surface area contributed by atoms with E-state index >= 15 is 0 Å². The first-order valence-electron chi connectivity index (χ1n) is 11.3. The molecule has 3 aromatic carbocycles. The Morgan fingerprint density at radius 2 is 1.53 bits per heavy atom. The molecule has 0 saturated heterocycles. The molecule has 34 heavy (non-hydrogen) atoms. The Kier molecular flexibility index (Phi) is 8.36. The predicted octanol–water partition coefficient (Wildman–Crippen LogP) is 6.77. The van der Waals surface area contributed by atoms with E-state index in [0.717, 1.165) is 28.7 Å². The maximum Gasteiger partial charge on any atom is 0.333 e. The molecule has 0 radical (unpaired) electrons. The van der Waals surface area contributed by atoms with Gasteiger partial charge in [0, 0.05) is 11.1 Å². The van der Waals surface area contributed by atoms with Crippen molar-refractivity contribution in [2.45, 2.75) is 33.6 Å². The molecular weight excluding hydrogens is 431 g/mol. The first kappa shape index (κ1) is 24.9. The molecule has 0 unspecified atom stereocenters. The highest BCUT2D eigenvalue weighted by molar-refractivity contribution is 5.86. The average molecular weight is 461 g/mol. The van der Waals surface area contributed by atoms with Crippen LogP contribution >= 0.6 is 0 Å². The van der Waals surface area contributed by atoms with Gasteiger partial charge in [-0.15, -0.1) is 0 Å². The van der Waals surface area contributed by atoms with Crippen molar-refractivity contribution in [2.75, 3.05) is 6.61 Å². The van der Waals surface area contributed by atoms with Gasteiger partial charge in [-0.05, 0) is 60.2 Å². The van der Waals surface area contributed by atoms with Crippen LogP contribution in [0.5, 0.6) is 5.75 Å². The molecule has 0 aromatic heterocycles. The van der Waals surface area contributed by atoms with E-state index in [9.17, 15) is 14.0 Å². The van der Waals surface area contributed by atoms with Crippen molar-refractivity contribution in [3.63, 3.8) is 0 Å². The summed E-state index contributed by atoms with van der Waals surface area (Å²) < 4.78 is 25.3. The van der Waals surface area contributed by atoms with Crippen molar-refractivity contribution in [1.82, 2.24) is 0 Å². The lowest BCUT2D eigenvalue weighted by atomic mass is 9.98. The second kappa shape index (κ2) is 11.4. The Morgan fingerprint density at radius 1 is 0.912 bits per heavy atom. The van der Waals surface area contributed by atoms with Crippen molar-refractivity contribution in [1.29, 1.82) is 0 Å². The molecule has 5 heteroatoms. The summed E-state index contributed by atoms with van der Waals surface area (Å²) in [7, 11) is 0. The molecule has 0 spiro atoms. The maximum absolute atomic E-state index is 14.9. The van der Waals surface area contributed by atoms with Gasteiger partial charge in [-0.1, -0.05) is 69.0 Å². The third kappa shape index (κ3) is 6.64. The minimum atomic E-state index is -0.375. The van der Waals surface area contributed by atoms with Gasteiger partial charge in [0.25, 0.3) is 0 Å². The summed E-state index contributed by atoms with van der Waals surface area (Å²) in [6, 6.07) is 19.9. The van der Waals surface area contributed by atoms with Gasteiger partial charge in [-0.3, -0.25) is 4.79 Å². The first-order valence-corrected chi connectivity index (χ1v) is 11.3. The van der Waals surface area contributed by atoms with Crippen molar-refractivity contribution < 1.29 is 23.5 Å². The maximum atomic E-state index is 14.9. The molecule has 0 amide bonds. The monoisotopic (exact) mass is 460 g/mol. The number of carbonyl (C=O) groups is 2. The van der Waals surface area contributed by atoms with E-state index in [0.29, 0.717) is 29.9 Å². The largest absolute Gasteiger partial charge is 0.462 e. The highest BCUT2D eigenvalue weighted by atomic mass is 19.1. The normalized spacial score (nSPS) is 10.7. The minimum Gasteiger partial charge on any atom is -0.462 e. The zero-order chi connectivity index (χ0) is 24.7. The molecular formula is C29H29FO4. The lowest BCUT2D eigenvalue weighted by molar-refractivity contribution is -0.139. The number of hydrogen-bond acceptors (Lipinski definition) is 4. The van der Waals surface area contributed by atoms with Crippen LogP contribution in [0.1, 0.15) is 32.8 Å². The van der Waals surface area contributed by atoms with Gasteiger partial charge >= 0.3 is 11.9 Å². The van der Waals surface area contributed by atoms with E-state index in [1.54, 1.807) is 51.1 Å². The number of esters is 2. The Labute approximate surface area is 200 Å². The second-order valence-corrected chi connectivity index (χ2v) is 8.51. The Hall–Kier alpha value is -3.73. The van der Waals surface area contributed by atoms with E-state index < -0.39 is 0 Å². The Balaban J connectivity index is 1.63. The fourth-order valence-corrected chi connectivity index (χ4v) is 3.29. The lowest BCUT2D eigenvalue weighted by Crippen LogP contribution is -2.14. The summed E-state index contributed by atoms with van der Waals surface area (Å²) in [5.41, 5.74) is 4.36. The molecule has 0 aliphatic rings. The lowest BCUT2D eigenvalue weighted by Gasteiger charge is -2.10. The molecule has 3 rings (SSSR count). The predicted molar refractivity (Wildman–Crippen MR) is 132 cm³/mol. The Morgan fingerprint density at radius 3 is 2.12 bits per heavy atom. The van der Waals surface area contributed by atoms with Gasteiger partial charge in [0.15, 0.2) is 0 Å². The summed E-state index contributed by atoms with van der Waals surface area (Å²) in [5, 5.41) is 0. The van der Waals surface area contributed by atoms with Crippen molar-refractivity contribution >= 4 is 11.9 Å². The highest BCUT2D eigenvalue weighted by Gasteiger charge is 2.11. The fourth-order valence-electron chi connectivity index (χ4n) is 3.29. The van der Waals surface area contributed by atoms with Gasteiger partial charge < -0.3 is 9.47 Å². The topological polar surface area (TPSA) is 52.6 Å². The molecule has 0 N–H and O–H groups in total. The summed E-state index contributed by atoms with van der Waals surface area (Å²) in [6.07, 6.45) is 1.46. The first-order chi connectivity index (χ1) is 16.2. The van der Waals surface area contributed by atoms with E-state index in [2.05, 4.69) is 6.58 Å². The smallest absolute Gasteiger partial charge is 0.333 e. The van der Waals surface area contributed by atoms with Crippen molar-refractivity contribution in [3.8, 4) is 28.0 Å². The van der Waals surface area contributed by atoms with E-state index in [1.165, 1.54) is 6.07 Å². The van der Waals surface area contributed by atoms with Gasteiger partial charge in [0.05, 0.1) is 12.5 Å². The molecule has 4 nitrogen and oxygen atoms in total. The van der Waals surface area contributed by atoms with Crippen molar-refractivity contribution in [2.24, 2.45) is 5.92 Å². The number of carbonyl (C=O) groups excluding carboxylic acids is 2. The summed E-state index contributed by atoms with van der Waals surface area (Å²) in [6.45, 7) is 9.07. The summed E-state index contributed by atoms with van der Waals surface area (Å²) in [4.78, 5) is 23.1. The van der Waals surface area contributed by atoms with E-state index in [4.69, 9.17) is 9.47 Å². The quantitative estimate of drug-likeness (QED) is 0.153. The van der Waals surface area contributed by atoms with Crippen LogP contribution < -0.4 is 4.74 Å². The number of rotatable bonds is 9. The van der Waals surface area contributed by atoms with Crippen LogP contribution in [0.4, 0.5) is 4.39 Å². The van der Waals surface area contributed by atoms with Gasteiger partial charge in [-0.2, -0.15) is 0 Å². The van der Waals surface area contributed by atoms with Crippen LogP contribution in [0, 0.1) is 11.7 Å². The molecule has 176 valence electrons. The third-order valence-electron chi connectivity index (χ3n) is 5.30. The standard InChI is InChI=1S/C29H29FO4/c1-19(2)28(31)33-17-5-6-21-7-9-23(10-8-21)26-16-13-24(18-27(26)30)22-11-14-25(15-12-22)34-29(32)20(3)4/h7-16,18,20H,1,5-6,17H2,2-4H3. The molecule has 0 saturated carbocycles. The van der Waals surface area contributed by atoms with Gasteiger partial charge in [0.2, 0.25) is 0 Å². The van der Waals surface area contributed by atoms with Gasteiger partial charge in [-0.25, -0.2) is 9.18 Å². The minimum absolute atomic E-state index is 0.207. The molecule has 0 fully saturated rings. The molecule has 0 heterocycles. The zero-order valence-electron chi connectivity index (χ0n) is 19.8. The Bertz CT molecular complexity index is 1160. The van der Waals surface area contributed by atoms with E-state index in [1.807, 2.05) is 30.3 Å². The van der Waals surface area contributed by atoms with Crippen LogP contribution in [0.25, 0.3) is 22.3 Å². The van der Waals surface area contributed by atoms with Crippen LogP contribution in [-0.4, -0.2) is 18.5 Å². The van der Waals surface area contributed by atoms with Crippen LogP contribution in [0.15, 0.2) is 78.9 Å². The molecule has 3 aromatic rings. The summed E-state index contributed by atoms with van der Waals surface area (Å²) >= 11 is 0.